The first-order valence-electron chi connectivity index (χ1n) is 22.0. The van der Waals surface area contributed by atoms with E-state index < -0.39 is 29.7 Å². The summed E-state index contributed by atoms with van der Waals surface area (Å²) in [5.41, 5.74) is 8.86. The summed E-state index contributed by atoms with van der Waals surface area (Å²) >= 11 is 0. The van der Waals surface area contributed by atoms with E-state index in [0.717, 1.165) is 15.4 Å². The Morgan fingerprint density at radius 3 is 2.03 bits per heavy atom. The maximum atomic E-state index is 13.5. The number of carbonyl (C=O) groups excluding carboxylic acids is 5. The number of nitrogens with two attached hydrogens (primary N) is 1. The molecule has 0 spiro atoms. The number of piperidine rings is 1. The van der Waals surface area contributed by atoms with Gasteiger partial charge in [0.15, 0.2) is 5.69 Å². The van der Waals surface area contributed by atoms with E-state index in [1.54, 1.807) is 51.5 Å². The Balaban J connectivity index is 0.803. The highest BCUT2D eigenvalue weighted by Crippen LogP contribution is 2.33. The lowest BCUT2D eigenvalue weighted by Crippen LogP contribution is -2.56. The Hall–Kier alpha value is -6.45. The summed E-state index contributed by atoms with van der Waals surface area (Å²) < 4.78 is 46.4. The number of benzene rings is 3. The van der Waals surface area contributed by atoms with Crippen LogP contribution >= 0.6 is 0 Å². The van der Waals surface area contributed by atoms with Gasteiger partial charge in [0.25, 0.3) is 23.6 Å². The maximum Gasteiger partial charge on any atom is 0.278 e. The Bertz CT molecular complexity index is 2400. The van der Waals surface area contributed by atoms with Gasteiger partial charge in [0, 0.05) is 29.9 Å². The molecule has 3 N–H and O–H groups in total. The monoisotopic (exact) mass is 929 g/mol. The normalized spacial score (nSPS) is 15.0. The van der Waals surface area contributed by atoms with E-state index in [9.17, 15) is 24.0 Å². The molecular weight excluding hydrogens is 871 g/mol. The van der Waals surface area contributed by atoms with Gasteiger partial charge in [-0.3, -0.25) is 33.8 Å². The van der Waals surface area contributed by atoms with Crippen molar-refractivity contribution in [2.24, 2.45) is 0 Å². The first-order valence-corrected chi connectivity index (χ1v) is 22.0. The number of nitrogens with zero attached hydrogens (tertiary/aromatic N) is 5. The zero-order valence-electron chi connectivity index (χ0n) is 38.8. The molecule has 0 radical (unpaired) electrons. The molecule has 2 aliphatic heterocycles. The van der Waals surface area contributed by atoms with Crippen LogP contribution in [0.2, 0.25) is 0 Å². The number of nitrogens with one attached hydrogen (secondary N) is 1. The molecular formula is C47H59N7O13. The molecule has 3 heterocycles. The molecule has 1 saturated heterocycles. The quantitative estimate of drug-likeness (QED) is 0.0543. The van der Waals surface area contributed by atoms with E-state index in [1.807, 2.05) is 12.1 Å². The lowest BCUT2D eigenvalue weighted by molar-refractivity contribution is -0.152. The maximum absolute atomic E-state index is 13.5. The molecule has 1 aromatic heterocycles. The number of carbonyl (C=O) groups is 5. The summed E-state index contributed by atoms with van der Waals surface area (Å²) in [6.07, 6.45) is 0.0626. The third-order valence-electron chi connectivity index (χ3n) is 11.0. The molecule has 3 aromatic carbocycles. The van der Waals surface area contributed by atoms with E-state index in [2.05, 4.69) is 36.4 Å². The van der Waals surface area contributed by atoms with Crippen LogP contribution in [-0.2, 0) is 38.7 Å². The second-order valence-corrected chi connectivity index (χ2v) is 16.5. The highest BCUT2D eigenvalue weighted by atomic mass is 16.6. The largest absolute Gasteiger partial charge is 0.497 e. The van der Waals surface area contributed by atoms with Crippen LogP contribution in [0.4, 0.5) is 11.4 Å². The molecule has 6 rings (SSSR count). The number of hydrogen-bond acceptors (Lipinski definition) is 16. The van der Waals surface area contributed by atoms with Gasteiger partial charge in [-0.05, 0) is 60.7 Å². The number of aromatic nitrogens is 3. The van der Waals surface area contributed by atoms with Crippen LogP contribution in [0.1, 0.15) is 76.1 Å². The number of methoxy groups -OCH3 is 2. The van der Waals surface area contributed by atoms with E-state index >= 15 is 0 Å². The second-order valence-electron chi connectivity index (χ2n) is 16.5. The van der Waals surface area contributed by atoms with Gasteiger partial charge in [-0.25, -0.2) is 4.68 Å². The van der Waals surface area contributed by atoms with Crippen LogP contribution in [-0.4, -0.2) is 154 Å². The van der Waals surface area contributed by atoms with Gasteiger partial charge in [0.2, 0.25) is 5.91 Å². The first kappa shape index (κ1) is 50.0. The predicted molar refractivity (Wildman–Crippen MR) is 243 cm³/mol. The molecule has 2 aliphatic rings. The SMILES string of the molecule is COc1ccc(OC)c(-n2nnc(C(=O)Nc3cc(OCCOCCOCCOCCOCCOCCN4C(=O)CCC(N5C(=O)c6cccc(N)c6C5=O)C4=O)cc(C(C)(C)C)c3)c2C)c1. The molecule has 67 heavy (non-hydrogen) atoms. The van der Waals surface area contributed by atoms with E-state index in [-0.39, 0.29) is 79.6 Å². The van der Waals surface area contributed by atoms with Crippen molar-refractivity contribution < 1.29 is 61.9 Å². The van der Waals surface area contributed by atoms with Gasteiger partial charge in [-0.1, -0.05) is 32.1 Å². The van der Waals surface area contributed by atoms with E-state index in [4.69, 9.17) is 43.6 Å². The fraction of sp³-hybridized carbons (Fsp3) is 0.468. The van der Waals surface area contributed by atoms with Crippen molar-refractivity contribution in [3.05, 3.63) is 82.7 Å². The van der Waals surface area contributed by atoms with Gasteiger partial charge in [-0.2, -0.15) is 0 Å². The number of hydrogen-bond donors (Lipinski definition) is 2. The lowest BCUT2D eigenvalue weighted by Gasteiger charge is -2.34. The van der Waals surface area contributed by atoms with Gasteiger partial charge in [0.05, 0.1) is 104 Å². The highest BCUT2D eigenvalue weighted by molar-refractivity contribution is 6.25. The Morgan fingerprint density at radius 1 is 0.776 bits per heavy atom. The third-order valence-corrected chi connectivity index (χ3v) is 11.0. The van der Waals surface area contributed by atoms with Crippen molar-refractivity contribution >= 4 is 40.9 Å². The van der Waals surface area contributed by atoms with Crippen molar-refractivity contribution in [2.75, 3.05) is 104 Å². The summed E-state index contributed by atoms with van der Waals surface area (Å²) in [6.45, 7) is 11.3. The van der Waals surface area contributed by atoms with Gasteiger partial charge in [0.1, 0.15) is 35.6 Å². The molecule has 0 saturated carbocycles. The van der Waals surface area contributed by atoms with Crippen LogP contribution < -0.4 is 25.3 Å². The predicted octanol–water partition coefficient (Wildman–Crippen LogP) is 4.00. The molecule has 0 aliphatic carbocycles. The standard InChI is InChI=1S/C47H59N7O13/c1-30-42(50-51-54(30)38-29-33(60-5)10-12-39(38)61-6)43(56)49-32-26-31(47(2,3)4)27-34(28-32)67-25-24-66-23-22-65-21-20-64-19-18-63-17-16-62-15-14-52-40(55)13-11-37(45(52)58)53-44(57)35-8-7-9-36(48)41(35)46(53)59/h7-10,12,26-29,37H,11,13-25,48H2,1-6H3,(H,49,56). The molecule has 4 aromatic rings. The fourth-order valence-corrected chi connectivity index (χ4v) is 7.37. The molecule has 20 heteroatoms. The first-order chi connectivity index (χ1) is 32.2. The second kappa shape index (κ2) is 23.3. The van der Waals surface area contributed by atoms with Crippen LogP contribution in [0.5, 0.6) is 17.2 Å². The Kier molecular flexibility index (Phi) is 17.4. The lowest BCUT2D eigenvalue weighted by atomic mass is 9.86. The number of anilines is 2. The van der Waals surface area contributed by atoms with Crippen LogP contribution in [0.3, 0.4) is 0 Å². The average molecular weight is 930 g/mol. The van der Waals surface area contributed by atoms with Gasteiger partial charge >= 0.3 is 0 Å². The zero-order chi connectivity index (χ0) is 48.1. The van der Waals surface area contributed by atoms with E-state index in [1.165, 1.54) is 16.8 Å². The number of amides is 5. The summed E-state index contributed by atoms with van der Waals surface area (Å²) in [4.78, 5) is 67.3. The Morgan fingerprint density at radius 2 is 1.42 bits per heavy atom. The van der Waals surface area contributed by atoms with Crippen molar-refractivity contribution in [3.8, 4) is 22.9 Å². The van der Waals surface area contributed by atoms with Crippen LogP contribution in [0.15, 0.2) is 54.6 Å². The van der Waals surface area contributed by atoms with E-state index in [0.29, 0.717) is 80.6 Å². The van der Waals surface area contributed by atoms with Crippen molar-refractivity contribution in [3.63, 3.8) is 0 Å². The number of imide groups is 2. The highest BCUT2D eigenvalue weighted by Gasteiger charge is 2.47. The summed E-state index contributed by atoms with van der Waals surface area (Å²) in [6, 6.07) is 14.4. The minimum atomic E-state index is -1.09. The Labute approximate surface area is 388 Å². The molecule has 1 unspecified atom stereocenters. The van der Waals surface area contributed by atoms with Crippen molar-refractivity contribution in [1.82, 2.24) is 24.8 Å². The number of nitrogen functional groups attached to an aromatic ring is 1. The molecule has 360 valence electrons. The van der Waals surface area contributed by atoms with Gasteiger partial charge < -0.3 is 48.9 Å². The van der Waals surface area contributed by atoms with Crippen molar-refractivity contribution in [1.29, 1.82) is 0 Å². The summed E-state index contributed by atoms with van der Waals surface area (Å²) in [7, 11) is 3.12. The van der Waals surface area contributed by atoms with Crippen molar-refractivity contribution in [2.45, 2.75) is 52.0 Å². The zero-order valence-corrected chi connectivity index (χ0v) is 38.8. The molecule has 0 bridgehead atoms. The number of fused-ring (bicyclic) bond motifs is 1. The minimum Gasteiger partial charge on any atom is -0.497 e. The fourth-order valence-electron chi connectivity index (χ4n) is 7.37. The topological polar surface area (TPSA) is 234 Å². The number of rotatable bonds is 25. The average Bonchev–Trinajstić information content (AvgIpc) is 3.81. The van der Waals surface area contributed by atoms with Crippen LogP contribution in [0.25, 0.3) is 5.69 Å². The summed E-state index contributed by atoms with van der Waals surface area (Å²) in [5, 5.41) is 11.4. The molecule has 1 atom stereocenters. The third kappa shape index (κ3) is 12.5. The molecule has 20 nitrogen and oxygen atoms in total. The van der Waals surface area contributed by atoms with Crippen LogP contribution in [0, 0.1) is 6.92 Å². The summed E-state index contributed by atoms with van der Waals surface area (Å²) in [5.74, 6) is -0.942. The molecule has 5 amide bonds. The number of likely N-dealkylation sites (tertiary alicyclic amines) is 1. The minimum absolute atomic E-state index is 0.0115. The molecule has 1 fully saturated rings. The number of ether oxygens (including phenoxy) is 8. The smallest absolute Gasteiger partial charge is 0.278 e. The van der Waals surface area contributed by atoms with Gasteiger partial charge in [-0.15, -0.1) is 5.10 Å².